The first-order chi connectivity index (χ1) is 7.47. The SMILES string of the molecule is C=C(C(=O)OC)C(N)c1ccc(Cl)cc1Cl. The van der Waals surface area contributed by atoms with Crippen LogP contribution in [0.4, 0.5) is 0 Å². The number of hydrogen-bond acceptors (Lipinski definition) is 3. The van der Waals surface area contributed by atoms with Crippen LogP contribution in [-0.4, -0.2) is 13.1 Å². The molecule has 0 amide bonds. The summed E-state index contributed by atoms with van der Waals surface area (Å²) in [5.74, 6) is -0.557. The third-order valence-electron chi connectivity index (χ3n) is 2.12. The highest BCUT2D eigenvalue weighted by atomic mass is 35.5. The lowest BCUT2D eigenvalue weighted by atomic mass is 10.0. The fourth-order valence-electron chi connectivity index (χ4n) is 1.20. The molecule has 5 heteroatoms. The first-order valence-corrected chi connectivity index (χ1v) is 5.20. The van der Waals surface area contributed by atoms with Gasteiger partial charge in [0.2, 0.25) is 0 Å². The van der Waals surface area contributed by atoms with Crippen molar-refractivity contribution >= 4 is 29.2 Å². The van der Waals surface area contributed by atoms with Gasteiger partial charge >= 0.3 is 5.97 Å². The van der Waals surface area contributed by atoms with Gasteiger partial charge in [-0.25, -0.2) is 4.79 Å². The number of carbonyl (C=O) groups excluding carboxylic acids is 1. The molecule has 2 N–H and O–H groups in total. The molecule has 1 rings (SSSR count). The van der Waals surface area contributed by atoms with Gasteiger partial charge in [0, 0.05) is 10.0 Å². The van der Waals surface area contributed by atoms with Gasteiger partial charge in [-0.2, -0.15) is 0 Å². The normalized spacial score (nSPS) is 12.0. The molecular formula is C11H11Cl2NO2. The molecule has 3 nitrogen and oxygen atoms in total. The van der Waals surface area contributed by atoms with Crippen LogP contribution in [0, 0.1) is 0 Å². The van der Waals surface area contributed by atoms with Gasteiger partial charge in [0.25, 0.3) is 0 Å². The van der Waals surface area contributed by atoms with Crippen molar-refractivity contribution in [1.29, 1.82) is 0 Å². The molecule has 1 unspecified atom stereocenters. The number of benzene rings is 1. The highest BCUT2D eigenvalue weighted by molar-refractivity contribution is 6.35. The van der Waals surface area contributed by atoms with Crippen LogP contribution in [0.15, 0.2) is 30.4 Å². The summed E-state index contributed by atoms with van der Waals surface area (Å²) in [5.41, 5.74) is 6.57. The Balaban J connectivity index is 3.01. The highest BCUT2D eigenvalue weighted by Crippen LogP contribution is 2.28. The van der Waals surface area contributed by atoms with Crippen molar-refractivity contribution in [3.05, 3.63) is 46.0 Å². The van der Waals surface area contributed by atoms with E-state index in [2.05, 4.69) is 11.3 Å². The van der Waals surface area contributed by atoms with Crippen LogP contribution in [0.1, 0.15) is 11.6 Å². The van der Waals surface area contributed by atoms with Crippen molar-refractivity contribution in [2.45, 2.75) is 6.04 Å². The van der Waals surface area contributed by atoms with Crippen LogP contribution in [0.25, 0.3) is 0 Å². The third kappa shape index (κ3) is 2.76. The maximum atomic E-state index is 11.2. The lowest BCUT2D eigenvalue weighted by Gasteiger charge is -2.14. The first-order valence-electron chi connectivity index (χ1n) is 4.45. The van der Waals surface area contributed by atoms with Gasteiger partial charge in [-0.3, -0.25) is 0 Å². The van der Waals surface area contributed by atoms with E-state index >= 15 is 0 Å². The zero-order chi connectivity index (χ0) is 12.3. The quantitative estimate of drug-likeness (QED) is 0.671. The number of halogens is 2. The molecule has 0 aliphatic heterocycles. The van der Waals surface area contributed by atoms with Crippen LogP contribution in [0.5, 0.6) is 0 Å². The van der Waals surface area contributed by atoms with Gasteiger partial charge in [-0.05, 0) is 17.7 Å². The predicted molar refractivity (Wildman–Crippen MR) is 64.5 cm³/mol. The smallest absolute Gasteiger partial charge is 0.335 e. The molecule has 1 aromatic carbocycles. The number of nitrogens with two attached hydrogens (primary N) is 1. The fourth-order valence-corrected chi connectivity index (χ4v) is 1.73. The summed E-state index contributed by atoms with van der Waals surface area (Å²) in [6.07, 6.45) is 0. The zero-order valence-electron chi connectivity index (χ0n) is 8.67. The van der Waals surface area contributed by atoms with Crippen molar-refractivity contribution in [3.8, 4) is 0 Å². The number of methoxy groups -OCH3 is 1. The number of esters is 1. The van der Waals surface area contributed by atoms with Crippen LogP contribution < -0.4 is 5.73 Å². The summed E-state index contributed by atoms with van der Waals surface area (Å²) >= 11 is 11.7. The van der Waals surface area contributed by atoms with Crippen LogP contribution >= 0.6 is 23.2 Å². The summed E-state index contributed by atoms with van der Waals surface area (Å²) in [4.78, 5) is 11.2. The van der Waals surface area contributed by atoms with E-state index in [1.54, 1.807) is 18.2 Å². The van der Waals surface area contributed by atoms with Crippen LogP contribution in [-0.2, 0) is 9.53 Å². The standard InChI is InChI=1S/C11H11Cl2NO2/c1-6(11(15)16-2)10(14)8-4-3-7(12)5-9(8)13/h3-5,10H,1,14H2,2H3. The second-order valence-corrected chi connectivity index (χ2v) is 4.00. The van der Waals surface area contributed by atoms with Gasteiger partial charge in [0.1, 0.15) is 0 Å². The Labute approximate surface area is 104 Å². The minimum atomic E-state index is -0.697. The zero-order valence-corrected chi connectivity index (χ0v) is 10.2. The summed E-state index contributed by atoms with van der Waals surface area (Å²) in [6, 6.07) is 4.16. The molecule has 0 saturated carbocycles. The van der Waals surface area contributed by atoms with Crippen molar-refractivity contribution in [3.63, 3.8) is 0 Å². The minimum Gasteiger partial charge on any atom is -0.466 e. The van der Waals surface area contributed by atoms with Gasteiger partial charge in [0.05, 0.1) is 18.7 Å². The second-order valence-electron chi connectivity index (χ2n) is 3.16. The van der Waals surface area contributed by atoms with E-state index < -0.39 is 12.0 Å². The average Bonchev–Trinajstić information content (AvgIpc) is 2.26. The molecule has 86 valence electrons. The topological polar surface area (TPSA) is 52.3 Å². The number of ether oxygens (including phenoxy) is 1. The van der Waals surface area contributed by atoms with E-state index in [1.807, 2.05) is 0 Å². The van der Waals surface area contributed by atoms with E-state index in [4.69, 9.17) is 28.9 Å². The lowest BCUT2D eigenvalue weighted by Crippen LogP contribution is -2.19. The molecule has 16 heavy (non-hydrogen) atoms. The first kappa shape index (κ1) is 13.0. The molecule has 0 fully saturated rings. The number of carbonyl (C=O) groups is 1. The average molecular weight is 260 g/mol. The molecular weight excluding hydrogens is 249 g/mol. The summed E-state index contributed by atoms with van der Waals surface area (Å²) in [6.45, 7) is 3.57. The predicted octanol–water partition coefficient (Wildman–Crippen LogP) is 2.72. The molecule has 0 radical (unpaired) electrons. The van der Waals surface area contributed by atoms with Crippen LogP contribution in [0.3, 0.4) is 0 Å². The van der Waals surface area contributed by atoms with Gasteiger partial charge in [-0.1, -0.05) is 35.8 Å². The van der Waals surface area contributed by atoms with Gasteiger partial charge < -0.3 is 10.5 Å². The lowest BCUT2D eigenvalue weighted by molar-refractivity contribution is -0.136. The summed E-state index contributed by atoms with van der Waals surface area (Å²) < 4.78 is 4.53. The van der Waals surface area contributed by atoms with E-state index in [9.17, 15) is 4.79 Å². The van der Waals surface area contributed by atoms with E-state index in [1.165, 1.54) is 7.11 Å². The Bertz CT molecular complexity index is 432. The molecule has 0 aromatic heterocycles. The second kappa shape index (κ2) is 5.34. The van der Waals surface area contributed by atoms with Crippen molar-refractivity contribution in [1.82, 2.24) is 0 Å². The molecule has 1 atom stereocenters. The monoisotopic (exact) mass is 259 g/mol. The molecule has 1 aromatic rings. The van der Waals surface area contributed by atoms with E-state index in [-0.39, 0.29) is 5.57 Å². The van der Waals surface area contributed by atoms with E-state index in [0.717, 1.165) is 0 Å². The Kier molecular flexibility index (Phi) is 4.35. The van der Waals surface area contributed by atoms with E-state index in [0.29, 0.717) is 15.6 Å². The Morgan fingerprint density at radius 2 is 2.12 bits per heavy atom. The highest BCUT2D eigenvalue weighted by Gasteiger charge is 2.19. The molecule has 0 aliphatic carbocycles. The van der Waals surface area contributed by atoms with Crippen molar-refractivity contribution < 1.29 is 9.53 Å². The molecule has 0 spiro atoms. The molecule has 0 bridgehead atoms. The number of hydrogen-bond donors (Lipinski definition) is 1. The molecule has 0 heterocycles. The largest absolute Gasteiger partial charge is 0.466 e. The Morgan fingerprint density at radius 3 is 2.62 bits per heavy atom. The number of rotatable bonds is 3. The Hall–Kier alpha value is -1.03. The minimum absolute atomic E-state index is 0.145. The van der Waals surface area contributed by atoms with Crippen LogP contribution in [0.2, 0.25) is 10.0 Å². The molecule has 0 saturated heterocycles. The van der Waals surface area contributed by atoms with Crippen molar-refractivity contribution in [2.75, 3.05) is 7.11 Å². The van der Waals surface area contributed by atoms with Gasteiger partial charge in [0.15, 0.2) is 0 Å². The Morgan fingerprint density at radius 1 is 1.50 bits per heavy atom. The third-order valence-corrected chi connectivity index (χ3v) is 2.68. The maximum Gasteiger partial charge on any atom is 0.335 e. The van der Waals surface area contributed by atoms with Crippen molar-refractivity contribution in [2.24, 2.45) is 5.73 Å². The van der Waals surface area contributed by atoms with Gasteiger partial charge in [-0.15, -0.1) is 0 Å². The maximum absolute atomic E-state index is 11.2. The molecule has 0 aliphatic rings. The fraction of sp³-hybridized carbons (Fsp3) is 0.182. The summed E-state index contributed by atoms with van der Waals surface area (Å²) in [7, 11) is 1.27. The summed E-state index contributed by atoms with van der Waals surface area (Å²) in [5, 5.41) is 0.898.